The van der Waals surface area contributed by atoms with Gasteiger partial charge in [0.25, 0.3) is 0 Å². The maximum absolute atomic E-state index is 11.8. The summed E-state index contributed by atoms with van der Waals surface area (Å²) in [6.07, 6.45) is 2.87. The van der Waals surface area contributed by atoms with Crippen LogP contribution in [0, 0.1) is 0 Å². The first-order chi connectivity index (χ1) is 9.56. The van der Waals surface area contributed by atoms with Gasteiger partial charge in [-0.25, -0.2) is 4.79 Å². The van der Waals surface area contributed by atoms with Crippen molar-refractivity contribution in [1.82, 2.24) is 0 Å². The van der Waals surface area contributed by atoms with Gasteiger partial charge in [-0.15, -0.1) is 0 Å². The smallest absolute Gasteiger partial charge is 0.335 e. The predicted molar refractivity (Wildman–Crippen MR) is 77.7 cm³/mol. The molecule has 1 aromatic rings. The number of methoxy groups -OCH3 is 1. The van der Waals surface area contributed by atoms with E-state index in [1.165, 1.54) is 7.11 Å². The molecule has 0 radical (unpaired) electrons. The highest BCUT2D eigenvalue weighted by Crippen LogP contribution is 2.16. The summed E-state index contributed by atoms with van der Waals surface area (Å²) in [5.41, 5.74) is 0.850. The van der Waals surface area contributed by atoms with Gasteiger partial charge in [0.15, 0.2) is 6.10 Å². The zero-order chi connectivity index (χ0) is 15.0. The lowest BCUT2D eigenvalue weighted by molar-refractivity contribution is -0.157. The van der Waals surface area contributed by atoms with Gasteiger partial charge in [0.2, 0.25) is 0 Å². The third-order valence-corrected chi connectivity index (χ3v) is 3.16. The SMILES string of the molecule is CCCCC(C)OC(Cc1cccc(O)c1)C(=O)OC. The first-order valence-electron chi connectivity index (χ1n) is 7.08. The molecule has 1 rings (SSSR count). The molecule has 0 amide bonds. The molecular formula is C16H24O4. The number of aromatic hydroxyl groups is 1. The maximum Gasteiger partial charge on any atom is 0.335 e. The van der Waals surface area contributed by atoms with E-state index in [4.69, 9.17) is 9.47 Å². The number of benzene rings is 1. The molecule has 0 heterocycles. The lowest BCUT2D eigenvalue weighted by Gasteiger charge is -2.20. The topological polar surface area (TPSA) is 55.8 Å². The number of unbranched alkanes of at least 4 members (excludes halogenated alkanes) is 1. The van der Waals surface area contributed by atoms with Crippen LogP contribution in [0.4, 0.5) is 0 Å². The first-order valence-corrected chi connectivity index (χ1v) is 7.08. The Labute approximate surface area is 120 Å². The predicted octanol–water partition coefficient (Wildman–Crippen LogP) is 3.07. The largest absolute Gasteiger partial charge is 0.508 e. The fourth-order valence-electron chi connectivity index (χ4n) is 2.06. The molecule has 0 aliphatic heterocycles. The van der Waals surface area contributed by atoms with Gasteiger partial charge in [-0.3, -0.25) is 0 Å². The van der Waals surface area contributed by atoms with Gasteiger partial charge in [-0.05, 0) is 31.0 Å². The Bertz CT molecular complexity index is 417. The van der Waals surface area contributed by atoms with E-state index in [-0.39, 0.29) is 17.8 Å². The van der Waals surface area contributed by atoms with Crippen molar-refractivity contribution in [3.63, 3.8) is 0 Å². The van der Waals surface area contributed by atoms with E-state index >= 15 is 0 Å². The van der Waals surface area contributed by atoms with Crippen LogP contribution in [0.25, 0.3) is 0 Å². The molecule has 2 atom stereocenters. The molecule has 4 heteroatoms. The quantitative estimate of drug-likeness (QED) is 0.743. The van der Waals surface area contributed by atoms with E-state index in [1.54, 1.807) is 18.2 Å². The molecule has 0 fully saturated rings. The molecule has 2 unspecified atom stereocenters. The summed E-state index contributed by atoms with van der Waals surface area (Å²) in [4.78, 5) is 11.8. The molecule has 20 heavy (non-hydrogen) atoms. The van der Waals surface area contributed by atoms with Crippen molar-refractivity contribution in [2.45, 2.75) is 51.7 Å². The van der Waals surface area contributed by atoms with Crippen LogP contribution < -0.4 is 0 Å². The van der Waals surface area contributed by atoms with Crippen LogP contribution in [0.2, 0.25) is 0 Å². The number of phenols is 1. The number of rotatable bonds is 8. The molecule has 0 aliphatic rings. The van der Waals surface area contributed by atoms with Crippen molar-refractivity contribution in [3.05, 3.63) is 29.8 Å². The standard InChI is InChI=1S/C16H24O4/c1-4-5-7-12(2)20-15(16(18)19-3)11-13-8-6-9-14(17)10-13/h6,8-10,12,15,17H,4-5,7,11H2,1-3H3. The van der Waals surface area contributed by atoms with Crippen LogP contribution in [-0.2, 0) is 20.7 Å². The molecule has 0 spiro atoms. The molecule has 0 aromatic heterocycles. The van der Waals surface area contributed by atoms with Crippen LogP contribution in [0.1, 0.15) is 38.7 Å². The zero-order valence-corrected chi connectivity index (χ0v) is 12.5. The number of carbonyl (C=O) groups is 1. The van der Waals surface area contributed by atoms with Gasteiger partial charge in [0, 0.05) is 6.42 Å². The average molecular weight is 280 g/mol. The summed E-state index contributed by atoms with van der Waals surface area (Å²) in [5.74, 6) is -0.193. The zero-order valence-electron chi connectivity index (χ0n) is 12.5. The summed E-state index contributed by atoms with van der Waals surface area (Å²) in [7, 11) is 1.36. The van der Waals surface area contributed by atoms with Gasteiger partial charge in [0.1, 0.15) is 5.75 Å². The number of hydrogen-bond donors (Lipinski definition) is 1. The summed E-state index contributed by atoms with van der Waals surface area (Å²) in [6, 6.07) is 6.84. The Morgan fingerprint density at radius 1 is 1.40 bits per heavy atom. The lowest BCUT2D eigenvalue weighted by atomic mass is 10.1. The van der Waals surface area contributed by atoms with Gasteiger partial charge < -0.3 is 14.6 Å². The van der Waals surface area contributed by atoms with E-state index in [9.17, 15) is 9.90 Å². The Morgan fingerprint density at radius 2 is 2.15 bits per heavy atom. The number of esters is 1. The Balaban J connectivity index is 2.67. The van der Waals surface area contributed by atoms with Crippen molar-refractivity contribution < 1.29 is 19.4 Å². The maximum atomic E-state index is 11.8. The monoisotopic (exact) mass is 280 g/mol. The molecule has 0 aliphatic carbocycles. The fourth-order valence-corrected chi connectivity index (χ4v) is 2.06. The Hall–Kier alpha value is -1.55. The molecule has 4 nitrogen and oxygen atoms in total. The summed E-state index contributed by atoms with van der Waals surface area (Å²) in [6.45, 7) is 4.09. The van der Waals surface area contributed by atoms with Crippen LogP contribution in [0.3, 0.4) is 0 Å². The highest BCUT2D eigenvalue weighted by Gasteiger charge is 2.23. The minimum Gasteiger partial charge on any atom is -0.508 e. The van der Waals surface area contributed by atoms with Gasteiger partial charge >= 0.3 is 5.97 Å². The molecule has 112 valence electrons. The van der Waals surface area contributed by atoms with E-state index in [1.807, 2.05) is 13.0 Å². The average Bonchev–Trinajstić information content (AvgIpc) is 2.43. The van der Waals surface area contributed by atoms with Crippen LogP contribution in [-0.4, -0.2) is 30.4 Å². The Kier molecular flexibility index (Phi) is 7.09. The minimum absolute atomic E-state index is 0.0105. The van der Waals surface area contributed by atoms with Gasteiger partial charge in [-0.1, -0.05) is 31.9 Å². The van der Waals surface area contributed by atoms with Crippen LogP contribution in [0.15, 0.2) is 24.3 Å². The minimum atomic E-state index is -0.631. The van der Waals surface area contributed by atoms with Crippen molar-refractivity contribution in [1.29, 1.82) is 0 Å². The molecule has 0 saturated heterocycles. The van der Waals surface area contributed by atoms with Gasteiger partial charge in [-0.2, -0.15) is 0 Å². The Morgan fingerprint density at radius 3 is 2.75 bits per heavy atom. The number of ether oxygens (including phenoxy) is 2. The van der Waals surface area contributed by atoms with Crippen LogP contribution in [0.5, 0.6) is 5.75 Å². The summed E-state index contributed by atoms with van der Waals surface area (Å²) < 4.78 is 10.6. The second-order valence-electron chi connectivity index (χ2n) is 4.97. The normalized spacial score (nSPS) is 13.8. The number of hydrogen-bond acceptors (Lipinski definition) is 4. The second-order valence-corrected chi connectivity index (χ2v) is 4.97. The lowest BCUT2D eigenvalue weighted by Crippen LogP contribution is -2.31. The van der Waals surface area contributed by atoms with E-state index in [0.29, 0.717) is 6.42 Å². The van der Waals surface area contributed by atoms with Gasteiger partial charge in [0.05, 0.1) is 13.2 Å². The third kappa shape index (κ3) is 5.61. The van der Waals surface area contributed by atoms with Crippen molar-refractivity contribution in [3.8, 4) is 5.75 Å². The molecule has 1 N–H and O–H groups in total. The van der Waals surface area contributed by atoms with Crippen LogP contribution >= 0.6 is 0 Å². The second kappa shape index (κ2) is 8.59. The summed E-state index contributed by atoms with van der Waals surface area (Å²) in [5, 5.41) is 9.46. The fraction of sp³-hybridized carbons (Fsp3) is 0.562. The van der Waals surface area contributed by atoms with E-state index in [2.05, 4.69) is 6.92 Å². The highest BCUT2D eigenvalue weighted by molar-refractivity contribution is 5.75. The third-order valence-electron chi connectivity index (χ3n) is 3.16. The number of carbonyl (C=O) groups excluding carboxylic acids is 1. The molecule has 1 aromatic carbocycles. The summed E-state index contributed by atoms with van der Waals surface area (Å²) >= 11 is 0. The van der Waals surface area contributed by atoms with Crippen molar-refractivity contribution in [2.24, 2.45) is 0 Å². The van der Waals surface area contributed by atoms with Crippen molar-refractivity contribution in [2.75, 3.05) is 7.11 Å². The highest BCUT2D eigenvalue weighted by atomic mass is 16.6. The molecule has 0 bridgehead atoms. The van der Waals surface area contributed by atoms with E-state index < -0.39 is 6.10 Å². The van der Waals surface area contributed by atoms with E-state index in [0.717, 1.165) is 24.8 Å². The molecular weight excluding hydrogens is 256 g/mol. The van der Waals surface area contributed by atoms with Crippen molar-refractivity contribution >= 4 is 5.97 Å². The molecule has 0 saturated carbocycles. The first kappa shape index (κ1) is 16.5. The number of phenolic OH excluding ortho intramolecular Hbond substituents is 1.